The van der Waals surface area contributed by atoms with Crippen LogP contribution in [0.25, 0.3) is 0 Å². The van der Waals surface area contributed by atoms with E-state index in [1.165, 1.54) is 5.56 Å². The normalized spacial score (nSPS) is 17.2. The van der Waals surface area contributed by atoms with Crippen LogP contribution in [-0.2, 0) is 6.42 Å². The van der Waals surface area contributed by atoms with Gasteiger partial charge in [-0.25, -0.2) is 0 Å². The van der Waals surface area contributed by atoms with Gasteiger partial charge in [0.25, 0.3) is 0 Å². The maximum absolute atomic E-state index is 6.09. The van der Waals surface area contributed by atoms with Crippen molar-refractivity contribution in [2.45, 2.75) is 38.1 Å². The Morgan fingerprint density at radius 1 is 1.44 bits per heavy atom. The van der Waals surface area contributed by atoms with Crippen molar-refractivity contribution in [3.8, 4) is 5.75 Å². The molecule has 0 bridgehead atoms. The van der Waals surface area contributed by atoms with Crippen LogP contribution in [0.5, 0.6) is 5.75 Å². The van der Waals surface area contributed by atoms with E-state index < -0.39 is 0 Å². The molecule has 0 radical (unpaired) electrons. The number of benzene rings is 1. The van der Waals surface area contributed by atoms with Crippen molar-refractivity contribution >= 4 is 11.6 Å². The van der Waals surface area contributed by atoms with E-state index in [0.717, 1.165) is 42.0 Å². The van der Waals surface area contributed by atoms with E-state index in [-0.39, 0.29) is 5.54 Å². The van der Waals surface area contributed by atoms with E-state index >= 15 is 0 Å². The Labute approximate surface area is 102 Å². The zero-order valence-corrected chi connectivity index (χ0v) is 10.6. The van der Waals surface area contributed by atoms with Gasteiger partial charge in [-0.1, -0.05) is 11.6 Å². The number of aryl methyl sites for hydroxylation is 2. The molecule has 0 heterocycles. The van der Waals surface area contributed by atoms with Crippen LogP contribution in [-0.4, -0.2) is 12.6 Å². The van der Waals surface area contributed by atoms with E-state index in [1.54, 1.807) is 7.11 Å². The molecule has 1 aliphatic rings. The second-order valence-electron chi connectivity index (χ2n) is 4.78. The topological polar surface area (TPSA) is 35.2 Å². The summed E-state index contributed by atoms with van der Waals surface area (Å²) in [5.74, 6) is 0.952. The van der Waals surface area contributed by atoms with Crippen molar-refractivity contribution in [3.63, 3.8) is 0 Å². The summed E-state index contributed by atoms with van der Waals surface area (Å²) in [6.45, 7) is 2.02. The van der Waals surface area contributed by atoms with Gasteiger partial charge in [-0.15, -0.1) is 0 Å². The summed E-state index contributed by atoms with van der Waals surface area (Å²) < 4.78 is 5.42. The molecule has 1 fully saturated rings. The molecule has 0 aromatic heterocycles. The molecule has 2 N–H and O–H groups in total. The third-order valence-corrected chi connectivity index (χ3v) is 3.52. The lowest BCUT2D eigenvalue weighted by molar-refractivity contribution is 0.405. The van der Waals surface area contributed by atoms with Gasteiger partial charge in [0.2, 0.25) is 0 Å². The third kappa shape index (κ3) is 2.50. The first kappa shape index (κ1) is 11.7. The predicted molar refractivity (Wildman–Crippen MR) is 67.2 cm³/mol. The summed E-state index contributed by atoms with van der Waals surface area (Å²) in [5, 5.41) is 0.773. The summed E-state index contributed by atoms with van der Waals surface area (Å²) in [6.07, 6.45) is 4.26. The van der Waals surface area contributed by atoms with Crippen molar-refractivity contribution in [2.75, 3.05) is 7.11 Å². The molecule has 2 nitrogen and oxygen atoms in total. The van der Waals surface area contributed by atoms with Gasteiger partial charge in [0.1, 0.15) is 5.75 Å². The standard InChI is InChI=1S/C13H18ClNO/c1-9-7-11(14)8-10(12(9)16-2)3-4-13(15)5-6-13/h7-8H,3-6,15H2,1-2H3. The molecular weight excluding hydrogens is 222 g/mol. The average Bonchev–Trinajstić information content (AvgIpc) is 2.94. The minimum absolute atomic E-state index is 0.0846. The average molecular weight is 240 g/mol. The van der Waals surface area contributed by atoms with Gasteiger partial charge in [0, 0.05) is 10.6 Å². The summed E-state index contributed by atoms with van der Waals surface area (Å²) in [5.41, 5.74) is 8.43. The fourth-order valence-electron chi connectivity index (χ4n) is 2.07. The Morgan fingerprint density at radius 2 is 2.12 bits per heavy atom. The minimum atomic E-state index is 0.0846. The summed E-state index contributed by atoms with van der Waals surface area (Å²) >= 11 is 6.06. The number of methoxy groups -OCH3 is 1. The Bertz CT molecular complexity index is 399. The van der Waals surface area contributed by atoms with Crippen molar-refractivity contribution < 1.29 is 4.74 Å². The first-order chi connectivity index (χ1) is 7.54. The van der Waals surface area contributed by atoms with Crippen LogP contribution in [0.4, 0.5) is 0 Å². The number of halogens is 1. The molecule has 0 aliphatic heterocycles. The number of rotatable bonds is 4. The van der Waals surface area contributed by atoms with Crippen LogP contribution < -0.4 is 10.5 Å². The van der Waals surface area contributed by atoms with E-state index in [1.807, 2.05) is 19.1 Å². The molecule has 0 saturated heterocycles. The number of nitrogens with two attached hydrogens (primary N) is 1. The third-order valence-electron chi connectivity index (χ3n) is 3.30. The number of ether oxygens (including phenoxy) is 1. The number of hydrogen-bond donors (Lipinski definition) is 1. The summed E-state index contributed by atoms with van der Waals surface area (Å²) in [7, 11) is 1.70. The van der Waals surface area contributed by atoms with Gasteiger partial charge in [0.15, 0.2) is 0 Å². The van der Waals surface area contributed by atoms with Gasteiger partial charge in [-0.2, -0.15) is 0 Å². The molecule has 0 amide bonds. The van der Waals surface area contributed by atoms with Gasteiger partial charge < -0.3 is 10.5 Å². The Hall–Kier alpha value is -0.730. The first-order valence-corrected chi connectivity index (χ1v) is 6.04. The second-order valence-corrected chi connectivity index (χ2v) is 5.21. The smallest absolute Gasteiger partial charge is 0.125 e. The molecule has 2 rings (SSSR count). The molecule has 0 atom stereocenters. The quantitative estimate of drug-likeness (QED) is 0.877. The number of hydrogen-bond acceptors (Lipinski definition) is 2. The van der Waals surface area contributed by atoms with Gasteiger partial charge in [0.05, 0.1) is 7.11 Å². The molecule has 88 valence electrons. The lowest BCUT2D eigenvalue weighted by Gasteiger charge is -2.14. The van der Waals surface area contributed by atoms with Crippen LogP contribution >= 0.6 is 11.6 Å². The van der Waals surface area contributed by atoms with Gasteiger partial charge in [-0.3, -0.25) is 0 Å². The van der Waals surface area contributed by atoms with Crippen LogP contribution in [0.2, 0.25) is 5.02 Å². The van der Waals surface area contributed by atoms with Crippen molar-refractivity contribution in [2.24, 2.45) is 5.73 Å². The van der Waals surface area contributed by atoms with Crippen LogP contribution in [0, 0.1) is 6.92 Å². The lowest BCUT2D eigenvalue weighted by atomic mass is 10.0. The molecule has 1 saturated carbocycles. The predicted octanol–water partition coefficient (Wildman–Crippen LogP) is 3.08. The van der Waals surface area contributed by atoms with Crippen LogP contribution in [0.3, 0.4) is 0 Å². The zero-order chi connectivity index (χ0) is 11.8. The van der Waals surface area contributed by atoms with Gasteiger partial charge >= 0.3 is 0 Å². The maximum Gasteiger partial charge on any atom is 0.125 e. The molecule has 3 heteroatoms. The SMILES string of the molecule is COc1c(C)cc(Cl)cc1CCC1(N)CC1. The Morgan fingerprint density at radius 3 is 2.69 bits per heavy atom. The van der Waals surface area contributed by atoms with Crippen LogP contribution in [0.1, 0.15) is 30.4 Å². The summed E-state index contributed by atoms with van der Waals surface area (Å²) in [6, 6.07) is 3.92. The Balaban J connectivity index is 2.17. The van der Waals surface area contributed by atoms with E-state index in [0.29, 0.717) is 0 Å². The highest BCUT2D eigenvalue weighted by atomic mass is 35.5. The van der Waals surface area contributed by atoms with Crippen molar-refractivity contribution in [3.05, 3.63) is 28.3 Å². The van der Waals surface area contributed by atoms with Crippen molar-refractivity contribution in [1.82, 2.24) is 0 Å². The lowest BCUT2D eigenvalue weighted by Crippen LogP contribution is -2.22. The fraction of sp³-hybridized carbons (Fsp3) is 0.538. The molecule has 1 aliphatic carbocycles. The fourth-order valence-corrected chi connectivity index (χ4v) is 2.37. The molecular formula is C13H18ClNO. The highest BCUT2D eigenvalue weighted by Gasteiger charge is 2.37. The largest absolute Gasteiger partial charge is 0.496 e. The molecule has 1 aromatic rings. The second kappa shape index (κ2) is 4.27. The molecule has 16 heavy (non-hydrogen) atoms. The highest BCUT2D eigenvalue weighted by molar-refractivity contribution is 6.30. The molecule has 0 unspecified atom stereocenters. The Kier molecular flexibility index (Phi) is 3.13. The van der Waals surface area contributed by atoms with E-state index in [9.17, 15) is 0 Å². The van der Waals surface area contributed by atoms with Crippen molar-refractivity contribution in [1.29, 1.82) is 0 Å². The minimum Gasteiger partial charge on any atom is -0.496 e. The molecule has 1 aromatic carbocycles. The zero-order valence-electron chi connectivity index (χ0n) is 9.85. The first-order valence-electron chi connectivity index (χ1n) is 5.66. The summed E-state index contributed by atoms with van der Waals surface area (Å²) in [4.78, 5) is 0. The van der Waals surface area contributed by atoms with Crippen LogP contribution in [0.15, 0.2) is 12.1 Å². The van der Waals surface area contributed by atoms with E-state index in [2.05, 4.69) is 0 Å². The maximum atomic E-state index is 6.09. The van der Waals surface area contributed by atoms with Gasteiger partial charge in [-0.05, 0) is 55.9 Å². The van der Waals surface area contributed by atoms with E-state index in [4.69, 9.17) is 22.1 Å². The monoisotopic (exact) mass is 239 g/mol. The highest BCUT2D eigenvalue weighted by Crippen LogP contribution is 2.38. The molecule has 0 spiro atoms.